The van der Waals surface area contributed by atoms with Gasteiger partial charge in [0.2, 0.25) is 0 Å². The Balaban J connectivity index is 1.86. The first kappa shape index (κ1) is 20.0. The van der Waals surface area contributed by atoms with Crippen LogP contribution in [-0.4, -0.2) is 48.7 Å². The fourth-order valence-electron chi connectivity index (χ4n) is 3.65. The number of amides is 1. The van der Waals surface area contributed by atoms with Gasteiger partial charge in [-0.3, -0.25) is 0 Å². The summed E-state index contributed by atoms with van der Waals surface area (Å²) in [4.78, 5) is 13.1. The Labute approximate surface area is 163 Å². The number of likely N-dealkylation sites (tertiary alicyclic amines) is 1. The Morgan fingerprint density at radius 2 is 1.96 bits per heavy atom. The minimum Gasteiger partial charge on any atom is -0.465 e. The van der Waals surface area contributed by atoms with Gasteiger partial charge in [-0.1, -0.05) is 39.0 Å². The number of hydrogen-bond acceptors (Lipinski definition) is 2. The second-order valence-electron chi connectivity index (χ2n) is 9.20. The summed E-state index contributed by atoms with van der Waals surface area (Å²) in [7, 11) is -1.88. The fraction of sp³-hybridized carbons (Fsp3) is 0.571. The number of hydrogen-bond donors (Lipinski definition) is 1. The molecule has 2 heterocycles. The molecule has 3 rings (SSSR count). The second kappa shape index (κ2) is 7.32. The fourth-order valence-corrected chi connectivity index (χ4v) is 4.71. The molecular weight excluding hydrogens is 356 g/mol. The summed E-state index contributed by atoms with van der Waals surface area (Å²) in [6.45, 7) is 12.9. The largest absolute Gasteiger partial charge is 0.465 e. The zero-order valence-corrected chi connectivity index (χ0v) is 18.1. The average Bonchev–Trinajstić information content (AvgIpc) is 3.02. The van der Waals surface area contributed by atoms with Crippen molar-refractivity contribution in [3.8, 4) is 0 Å². The Kier molecular flexibility index (Phi) is 5.41. The van der Waals surface area contributed by atoms with Crippen molar-refractivity contribution < 1.29 is 14.3 Å². The Morgan fingerprint density at radius 3 is 2.63 bits per heavy atom. The van der Waals surface area contributed by atoms with Crippen molar-refractivity contribution in [3.63, 3.8) is 0 Å². The number of fused-ring (bicyclic) bond motifs is 1. The second-order valence-corrected chi connectivity index (χ2v) is 14.0. The van der Waals surface area contributed by atoms with Gasteiger partial charge in [0.05, 0.1) is 0 Å². The molecule has 1 saturated heterocycles. The third-order valence-electron chi connectivity index (χ3n) is 6.42. The van der Waals surface area contributed by atoms with Gasteiger partial charge in [-0.25, -0.2) is 4.79 Å². The number of aromatic nitrogens is 1. The van der Waals surface area contributed by atoms with Gasteiger partial charge < -0.3 is 19.0 Å². The van der Waals surface area contributed by atoms with Gasteiger partial charge >= 0.3 is 6.09 Å². The van der Waals surface area contributed by atoms with Crippen LogP contribution in [-0.2, 0) is 4.43 Å². The molecule has 27 heavy (non-hydrogen) atoms. The highest BCUT2D eigenvalue weighted by Crippen LogP contribution is 2.38. The lowest BCUT2D eigenvalue weighted by Crippen LogP contribution is -2.48. The van der Waals surface area contributed by atoms with Crippen LogP contribution in [0, 0.1) is 5.92 Å². The number of carboxylic acid groups (broad SMARTS) is 1. The van der Waals surface area contributed by atoms with Crippen LogP contribution in [0.3, 0.4) is 0 Å². The maximum Gasteiger partial charge on any atom is 0.407 e. The van der Waals surface area contributed by atoms with Gasteiger partial charge in [0, 0.05) is 43.4 Å². The Hall–Kier alpha value is -1.79. The number of nitrogens with zero attached hydrogens (tertiary/aromatic N) is 2. The molecule has 1 aliphatic rings. The van der Waals surface area contributed by atoms with E-state index in [4.69, 9.17) is 4.43 Å². The summed E-state index contributed by atoms with van der Waals surface area (Å²) in [6, 6.07) is 10.8. The van der Waals surface area contributed by atoms with E-state index >= 15 is 0 Å². The number of rotatable bonds is 4. The van der Waals surface area contributed by atoms with E-state index < -0.39 is 14.4 Å². The van der Waals surface area contributed by atoms with E-state index in [-0.39, 0.29) is 17.0 Å². The predicted molar refractivity (Wildman–Crippen MR) is 112 cm³/mol. The molecule has 1 amide bonds. The Morgan fingerprint density at radius 1 is 1.26 bits per heavy atom. The van der Waals surface area contributed by atoms with Crippen molar-refractivity contribution >= 4 is 25.3 Å². The van der Waals surface area contributed by atoms with Crippen molar-refractivity contribution in [1.29, 1.82) is 0 Å². The standard InChI is InChI=1S/C21H32N2O3Si/c1-21(2,3)27(4,5)26-15-17-14-22(20(24)25)12-11-19(17)23-13-10-16-8-6-7-9-18(16)23/h6-10,13,17,19H,11-12,14-15H2,1-5H3,(H,24,25). The van der Waals surface area contributed by atoms with Gasteiger partial charge in [0.25, 0.3) is 0 Å². The summed E-state index contributed by atoms with van der Waals surface area (Å²) in [5, 5.41) is 10.9. The van der Waals surface area contributed by atoms with E-state index in [1.54, 1.807) is 4.90 Å². The maximum absolute atomic E-state index is 11.6. The molecule has 1 aromatic carbocycles. The van der Waals surface area contributed by atoms with Gasteiger partial charge in [0.15, 0.2) is 8.32 Å². The zero-order chi connectivity index (χ0) is 19.8. The van der Waals surface area contributed by atoms with E-state index in [9.17, 15) is 9.90 Å². The van der Waals surface area contributed by atoms with Gasteiger partial charge in [-0.15, -0.1) is 0 Å². The first-order valence-corrected chi connectivity index (χ1v) is 12.7. The third-order valence-corrected chi connectivity index (χ3v) is 10.9. The molecular formula is C21H32N2O3Si. The minimum absolute atomic E-state index is 0.143. The molecule has 2 aromatic rings. The molecule has 1 aliphatic heterocycles. The molecule has 2 atom stereocenters. The lowest BCUT2D eigenvalue weighted by Gasteiger charge is -2.42. The average molecular weight is 389 g/mol. The summed E-state index contributed by atoms with van der Waals surface area (Å²) >= 11 is 0. The van der Waals surface area contributed by atoms with Crippen LogP contribution >= 0.6 is 0 Å². The Bertz CT molecular complexity index is 809. The van der Waals surface area contributed by atoms with Crippen LogP contribution < -0.4 is 0 Å². The van der Waals surface area contributed by atoms with Gasteiger partial charge in [-0.2, -0.15) is 0 Å². The molecule has 5 nitrogen and oxygen atoms in total. The number of piperidine rings is 1. The van der Waals surface area contributed by atoms with E-state index in [1.165, 1.54) is 10.9 Å². The molecule has 0 saturated carbocycles. The summed E-state index contributed by atoms with van der Waals surface area (Å²) < 4.78 is 8.84. The minimum atomic E-state index is -1.88. The van der Waals surface area contributed by atoms with E-state index in [0.29, 0.717) is 19.7 Å². The van der Waals surface area contributed by atoms with Crippen molar-refractivity contribution in [2.45, 2.75) is 51.4 Å². The molecule has 1 fully saturated rings. The van der Waals surface area contributed by atoms with E-state index in [0.717, 1.165) is 6.42 Å². The summed E-state index contributed by atoms with van der Waals surface area (Å²) in [5.74, 6) is 0.153. The smallest absolute Gasteiger partial charge is 0.407 e. The highest BCUT2D eigenvalue weighted by Gasteiger charge is 2.40. The van der Waals surface area contributed by atoms with Gasteiger partial charge in [-0.05, 0) is 42.1 Å². The molecule has 1 N–H and O–H groups in total. The SMILES string of the molecule is CC(C)(C)[Si](C)(C)OCC1CN(C(=O)O)CCC1n1ccc2ccccc21. The summed E-state index contributed by atoms with van der Waals surface area (Å²) in [6.07, 6.45) is 2.13. The predicted octanol–water partition coefficient (Wildman–Crippen LogP) is 5.20. The maximum atomic E-state index is 11.6. The van der Waals surface area contributed by atoms with Crippen LogP contribution in [0.4, 0.5) is 4.79 Å². The lowest BCUT2D eigenvalue weighted by molar-refractivity contribution is 0.0750. The number of para-hydroxylation sites is 1. The number of carbonyl (C=O) groups is 1. The highest BCUT2D eigenvalue weighted by atomic mass is 28.4. The molecule has 1 aromatic heterocycles. The van der Waals surface area contributed by atoms with Crippen LogP contribution in [0.25, 0.3) is 10.9 Å². The van der Waals surface area contributed by atoms with Gasteiger partial charge in [0.1, 0.15) is 0 Å². The topological polar surface area (TPSA) is 54.7 Å². The first-order valence-electron chi connectivity index (χ1n) is 9.77. The van der Waals surface area contributed by atoms with E-state index in [2.05, 4.69) is 75.0 Å². The molecule has 148 valence electrons. The van der Waals surface area contributed by atoms with Crippen LogP contribution in [0.15, 0.2) is 36.5 Å². The zero-order valence-electron chi connectivity index (χ0n) is 17.1. The normalized spacial score (nSPS) is 21.6. The molecule has 0 radical (unpaired) electrons. The van der Waals surface area contributed by atoms with Crippen molar-refractivity contribution in [1.82, 2.24) is 9.47 Å². The molecule has 2 unspecified atom stereocenters. The lowest BCUT2D eigenvalue weighted by atomic mass is 9.92. The van der Waals surface area contributed by atoms with Crippen LogP contribution in [0.5, 0.6) is 0 Å². The third kappa shape index (κ3) is 4.06. The van der Waals surface area contributed by atoms with Crippen molar-refractivity contribution in [2.24, 2.45) is 5.92 Å². The first-order chi connectivity index (χ1) is 12.6. The number of benzene rings is 1. The highest BCUT2D eigenvalue weighted by molar-refractivity contribution is 6.74. The monoisotopic (exact) mass is 388 g/mol. The molecule has 6 heteroatoms. The van der Waals surface area contributed by atoms with E-state index in [1.807, 2.05) is 0 Å². The van der Waals surface area contributed by atoms with Crippen molar-refractivity contribution in [2.75, 3.05) is 19.7 Å². The molecule has 0 spiro atoms. The quantitative estimate of drug-likeness (QED) is 0.732. The van der Waals surface area contributed by atoms with Crippen LogP contribution in [0.2, 0.25) is 18.1 Å². The molecule has 0 bridgehead atoms. The van der Waals surface area contributed by atoms with Crippen LogP contribution in [0.1, 0.15) is 33.2 Å². The molecule has 0 aliphatic carbocycles. The summed E-state index contributed by atoms with van der Waals surface area (Å²) in [5.41, 5.74) is 1.21. The van der Waals surface area contributed by atoms with Crippen molar-refractivity contribution in [3.05, 3.63) is 36.5 Å².